The molecular formula is C46H33N3. The smallest absolute Gasteiger partial charge is 0.160 e. The molecule has 0 unspecified atom stereocenters. The predicted octanol–water partition coefficient (Wildman–Crippen LogP) is 11.7. The molecule has 49 heavy (non-hydrogen) atoms. The fraction of sp³-hybridized carbons (Fsp3) is 0.0652. The standard InChI is InChI=1S/C46H33N3/c1-46(2)39-19-11-18-37(44(39)38-27-34-14-6-7-15-35(34)28-40(38)46)43-29-42(48-45(49-43)32-12-4-3-5-13-32)31-23-21-30(22-24-31)33-16-10-17-36(26-33)41-20-8-9-25-47-41/h3-29H,1-2H3. The van der Waals surface area contributed by atoms with Crippen molar-refractivity contribution in [3.8, 4) is 67.4 Å². The molecule has 0 atom stereocenters. The second-order valence-electron chi connectivity index (χ2n) is 13.3. The summed E-state index contributed by atoms with van der Waals surface area (Å²) in [6.45, 7) is 4.68. The summed E-state index contributed by atoms with van der Waals surface area (Å²) in [7, 11) is 0. The third kappa shape index (κ3) is 5.03. The van der Waals surface area contributed by atoms with Crippen molar-refractivity contribution in [1.82, 2.24) is 15.0 Å². The third-order valence-electron chi connectivity index (χ3n) is 9.94. The molecule has 0 fully saturated rings. The van der Waals surface area contributed by atoms with Gasteiger partial charge in [0.1, 0.15) is 0 Å². The number of fused-ring (bicyclic) bond motifs is 4. The lowest BCUT2D eigenvalue weighted by atomic mass is 9.81. The Hall–Kier alpha value is -6.19. The molecule has 8 aromatic rings. The van der Waals surface area contributed by atoms with Gasteiger partial charge in [0.15, 0.2) is 5.82 Å². The van der Waals surface area contributed by atoms with Gasteiger partial charge in [-0.25, -0.2) is 9.97 Å². The first kappa shape index (κ1) is 29.0. The molecule has 6 aromatic carbocycles. The monoisotopic (exact) mass is 627 g/mol. The van der Waals surface area contributed by atoms with E-state index in [9.17, 15) is 0 Å². The number of hydrogen-bond donors (Lipinski definition) is 0. The molecule has 0 radical (unpaired) electrons. The third-order valence-corrected chi connectivity index (χ3v) is 9.94. The maximum atomic E-state index is 5.25. The largest absolute Gasteiger partial charge is 0.256 e. The summed E-state index contributed by atoms with van der Waals surface area (Å²) in [5.41, 5.74) is 14.4. The van der Waals surface area contributed by atoms with Crippen molar-refractivity contribution in [2.45, 2.75) is 19.3 Å². The van der Waals surface area contributed by atoms with Gasteiger partial charge in [-0.3, -0.25) is 4.98 Å². The fourth-order valence-electron chi connectivity index (χ4n) is 7.36. The van der Waals surface area contributed by atoms with Gasteiger partial charge >= 0.3 is 0 Å². The zero-order chi connectivity index (χ0) is 33.0. The molecule has 0 amide bonds. The van der Waals surface area contributed by atoms with E-state index in [-0.39, 0.29) is 5.41 Å². The van der Waals surface area contributed by atoms with E-state index < -0.39 is 0 Å². The number of rotatable bonds is 5. The number of nitrogens with zero attached hydrogens (tertiary/aromatic N) is 3. The molecule has 3 nitrogen and oxygen atoms in total. The molecule has 0 N–H and O–H groups in total. The van der Waals surface area contributed by atoms with E-state index in [0.29, 0.717) is 5.82 Å². The Labute approximate surface area is 286 Å². The van der Waals surface area contributed by atoms with Gasteiger partial charge < -0.3 is 0 Å². The van der Waals surface area contributed by atoms with E-state index in [1.807, 2.05) is 42.6 Å². The average Bonchev–Trinajstić information content (AvgIpc) is 3.39. The Balaban J connectivity index is 1.18. The zero-order valence-corrected chi connectivity index (χ0v) is 27.4. The molecule has 2 heterocycles. The van der Waals surface area contributed by atoms with Crippen molar-refractivity contribution < 1.29 is 0 Å². The molecule has 0 saturated carbocycles. The van der Waals surface area contributed by atoms with Crippen LogP contribution in [0.4, 0.5) is 0 Å². The van der Waals surface area contributed by atoms with Gasteiger partial charge in [-0.2, -0.15) is 0 Å². The fourth-order valence-corrected chi connectivity index (χ4v) is 7.36. The van der Waals surface area contributed by atoms with Crippen LogP contribution in [0.15, 0.2) is 164 Å². The van der Waals surface area contributed by atoms with Crippen molar-refractivity contribution in [3.05, 3.63) is 175 Å². The number of aromatic nitrogens is 3. The van der Waals surface area contributed by atoms with Crippen LogP contribution in [0.25, 0.3) is 78.2 Å². The van der Waals surface area contributed by atoms with E-state index >= 15 is 0 Å². The summed E-state index contributed by atoms with van der Waals surface area (Å²) in [6.07, 6.45) is 1.84. The van der Waals surface area contributed by atoms with E-state index in [4.69, 9.17) is 9.97 Å². The van der Waals surface area contributed by atoms with E-state index in [1.165, 1.54) is 33.0 Å². The SMILES string of the molecule is CC1(C)c2cc3ccccc3cc2-c2c(-c3cc(-c4ccc(-c5cccc(-c6ccccn6)c5)cc4)nc(-c4ccccc4)n3)cccc21. The first-order chi connectivity index (χ1) is 24.0. The second kappa shape index (κ2) is 11.5. The Kier molecular flexibility index (Phi) is 6.80. The Morgan fingerprint density at radius 2 is 1.08 bits per heavy atom. The van der Waals surface area contributed by atoms with E-state index in [2.05, 4.69) is 140 Å². The van der Waals surface area contributed by atoms with Crippen molar-refractivity contribution in [2.24, 2.45) is 0 Å². The van der Waals surface area contributed by atoms with Crippen LogP contribution in [0.1, 0.15) is 25.0 Å². The van der Waals surface area contributed by atoms with Crippen LogP contribution < -0.4 is 0 Å². The minimum absolute atomic E-state index is 0.132. The molecule has 9 rings (SSSR count). The van der Waals surface area contributed by atoms with Gasteiger partial charge in [0, 0.05) is 33.9 Å². The summed E-state index contributed by atoms with van der Waals surface area (Å²) < 4.78 is 0. The quantitative estimate of drug-likeness (QED) is 0.191. The normalized spacial score (nSPS) is 12.9. The first-order valence-electron chi connectivity index (χ1n) is 16.8. The van der Waals surface area contributed by atoms with Crippen LogP contribution in [0.2, 0.25) is 0 Å². The number of pyridine rings is 1. The lowest BCUT2D eigenvalue weighted by Gasteiger charge is -2.22. The molecular weight excluding hydrogens is 595 g/mol. The maximum absolute atomic E-state index is 5.25. The zero-order valence-electron chi connectivity index (χ0n) is 27.4. The van der Waals surface area contributed by atoms with Crippen LogP contribution in [-0.2, 0) is 5.41 Å². The van der Waals surface area contributed by atoms with Gasteiger partial charge in [0.2, 0.25) is 0 Å². The van der Waals surface area contributed by atoms with Gasteiger partial charge in [0.05, 0.1) is 17.1 Å². The Bertz CT molecular complexity index is 2500. The summed E-state index contributed by atoms with van der Waals surface area (Å²) in [5, 5.41) is 2.52. The van der Waals surface area contributed by atoms with Crippen LogP contribution in [0.3, 0.4) is 0 Å². The average molecular weight is 628 g/mol. The van der Waals surface area contributed by atoms with Gasteiger partial charge in [-0.1, -0.05) is 135 Å². The first-order valence-corrected chi connectivity index (χ1v) is 16.8. The Morgan fingerprint density at radius 3 is 1.88 bits per heavy atom. The van der Waals surface area contributed by atoms with Crippen molar-refractivity contribution in [2.75, 3.05) is 0 Å². The highest BCUT2D eigenvalue weighted by atomic mass is 14.9. The van der Waals surface area contributed by atoms with Crippen LogP contribution in [-0.4, -0.2) is 15.0 Å². The summed E-state index contributed by atoms with van der Waals surface area (Å²) >= 11 is 0. The highest BCUT2D eigenvalue weighted by Crippen LogP contribution is 2.53. The molecule has 0 saturated heterocycles. The summed E-state index contributed by atoms with van der Waals surface area (Å²) in [5.74, 6) is 0.717. The van der Waals surface area contributed by atoms with Gasteiger partial charge in [-0.15, -0.1) is 0 Å². The minimum Gasteiger partial charge on any atom is -0.256 e. The van der Waals surface area contributed by atoms with Gasteiger partial charge in [-0.05, 0) is 80.6 Å². The van der Waals surface area contributed by atoms with Crippen molar-refractivity contribution in [3.63, 3.8) is 0 Å². The van der Waals surface area contributed by atoms with Crippen LogP contribution in [0.5, 0.6) is 0 Å². The van der Waals surface area contributed by atoms with Gasteiger partial charge in [0.25, 0.3) is 0 Å². The second-order valence-corrected chi connectivity index (χ2v) is 13.3. The van der Waals surface area contributed by atoms with Crippen molar-refractivity contribution in [1.29, 1.82) is 0 Å². The molecule has 232 valence electrons. The summed E-state index contributed by atoms with van der Waals surface area (Å²) in [4.78, 5) is 14.9. The highest BCUT2D eigenvalue weighted by Gasteiger charge is 2.37. The van der Waals surface area contributed by atoms with Crippen LogP contribution in [0, 0.1) is 0 Å². The topological polar surface area (TPSA) is 38.7 Å². The lowest BCUT2D eigenvalue weighted by molar-refractivity contribution is 0.661. The predicted molar refractivity (Wildman–Crippen MR) is 202 cm³/mol. The number of hydrogen-bond acceptors (Lipinski definition) is 3. The molecule has 0 bridgehead atoms. The Morgan fingerprint density at radius 1 is 0.408 bits per heavy atom. The molecule has 2 aromatic heterocycles. The molecule has 1 aliphatic carbocycles. The molecule has 3 heteroatoms. The highest BCUT2D eigenvalue weighted by molar-refractivity contribution is 5.98. The van der Waals surface area contributed by atoms with Crippen molar-refractivity contribution >= 4 is 10.8 Å². The van der Waals surface area contributed by atoms with E-state index in [1.54, 1.807) is 0 Å². The lowest BCUT2D eigenvalue weighted by Crippen LogP contribution is -2.14. The summed E-state index contributed by atoms with van der Waals surface area (Å²) in [6, 6.07) is 55.8. The molecule has 0 spiro atoms. The number of benzene rings is 6. The molecule has 0 aliphatic heterocycles. The van der Waals surface area contributed by atoms with Crippen LogP contribution >= 0.6 is 0 Å². The molecule has 1 aliphatic rings. The minimum atomic E-state index is -0.132. The maximum Gasteiger partial charge on any atom is 0.160 e. The van der Waals surface area contributed by atoms with E-state index in [0.717, 1.165) is 50.5 Å².